The summed E-state index contributed by atoms with van der Waals surface area (Å²) in [6, 6.07) is 7.19. The van der Waals surface area contributed by atoms with Gasteiger partial charge < -0.3 is 4.57 Å². The van der Waals surface area contributed by atoms with E-state index < -0.39 is 0 Å². The Morgan fingerprint density at radius 2 is 1.95 bits per heavy atom. The van der Waals surface area contributed by atoms with Crippen LogP contribution < -0.4 is 0 Å². The summed E-state index contributed by atoms with van der Waals surface area (Å²) in [7, 11) is 0. The van der Waals surface area contributed by atoms with Crippen LogP contribution in [0.2, 0.25) is 0 Å². The molecule has 1 atom stereocenters. The van der Waals surface area contributed by atoms with Crippen molar-refractivity contribution in [1.29, 1.82) is 0 Å². The lowest BCUT2D eigenvalue weighted by atomic mass is 9.83. The Kier molecular flexibility index (Phi) is 2.91. The zero-order valence-corrected chi connectivity index (χ0v) is 12.7. The molecule has 100 valence electrons. The standard InChI is InChI=1S/C16H19BrN2/c17-12-6-7-13-15(10-12)19-14(8-9-16(19)18-13)11-4-2-1-3-5-11/h6-7,10-11,14H,1-5,8-9H2. The third-order valence-electron chi connectivity index (χ3n) is 4.91. The third-order valence-corrected chi connectivity index (χ3v) is 5.41. The van der Waals surface area contributed by atoms with Crippen LogP contribution in [0.15, 0.2) is 22.7 Å². The molecule has 0 spiro atoms. The first kappa shape index (κ1) is 12.0. The summed E-state index contributed by atoms with van der Waals surface area (Å²) in [5.41, 5.74) is 2.50. The Morgan fingerprint density at radius 1 is 1.11 bits per heavy atom. The van der Waals surface area contributed by atoms with Crippen LogP contribution in [0.5, 0.6) is 0 Å². The maximum atomic E-state index is 4.82. The van der Waals surface area contributed by atoms with Crippen molar-refractivity contribution in [2.24, 2.45) is 5.92 Å². The Bertz CT molecular complexity index is 610. The SMILES string of the molecule is Brc1ccc2nc3n(c2c1)C(C1CCCCC1)CC3. The van der Waals surface area contributed by atoms with Gasteiger partial charge in [-0.2, -0.15) is 0 Å². The number of aryl methyl sites for hydroxylation is 1. The van der Waals surface area contributed by atoms with E-state index in [9.17, 15) is 0 Å². The Labute approximate surface area is 122 Å². The summed E-state index contributed by atoms with van der Waals surface area (Å²) in [5.74, 6) is 2.19. The number of aromatic nitrogens is 2. The molecule has 2 heterocycles. The van der Waals surface area contributed by atoms with Gasteiger partial charge in [-0.05, 0) is 43.4 Å². The largest absolute Gasteiger partial charge is 0.325 e. The highest BCUT2D eigenvalue weighted by atomic mass is 79.9. The monoisotopic (exact) mass is 318 g/mol. The molecule has 2 aromatic rings. The Balaban J connectivity index is 1.79. The highest BCUT2D eigenvalue weighted by Gasteiger charge is 2.32. The summed E-state index contributed by atoms with van der Waals surface area (Å²) in [6.07, 6.45) is 9.57. The lowest BCUT2D eigenvalue weighted by Crippen LogP contribution is -2.18. The van der Waals surface area contributed by atoms with E-state index in [2.05, 4.69) is 38.7 Å². The molecule has 1 saturated carbocycles. The molecule has 1 fully saturated rings. The Morgan fingerprint density at radius 3 is 2.79 bits per heavy atom. The molecule has 1 aliphatic heterocycles. The first-order valence-electron chi connectivity index (χ1n) is 7.49. The van der Waals surface area contributed by atoms with Crippen molar-refractivity contribution in [2.75, 3.05) is 0 Å². The molecule has 3 heteroatoms. The zero-order valence-electron chi connectivity index (χ0n) is 11.1. The first-order chi connectivity index (χ1) is 9.33. The molecule has 4 rings (SSSR count). The van der Waals surface area contributed by atoms with Crippen LogP contribution in [0, 0.1) is 5.92 Å². The molecule has 2 nitrogen and oxygen atoms in total. The minimum absolute atomic E-state index is 0.703. The second-order valence-electron chi connectivity index (χ2n) is 6.04. The predicted octanol–water partition coefficient (Wildman–Crippen LogP) is 4.87. The molecule has 1 aromatic carbocycles. The topological polar surface area (TPSA) is 17.8 Å². The smallest absolute Gasteiger partial charge is 0.110 e. The molecule has 0 N–H and O–H groups in total. The maximum absolute atomic E-state index is 4.82. The molecule has 0 saturated heterocycles. The summed E-state index contributed by atoms with van der Waals surface area (Å²) >= 11 is 3.60. The summed E-state index contributed by atoms with van der Waals surface area (Å²) in [5, 5.41) is 0. The zero-order chi connectivity index (χ0) is 12.8. The predicted molar refractivity (Wildman–Crippen MR) is 81.4 cm³/mol. The van der Waals surface area contributed by atoms with E-state index in [0.29, 0.717) is 6.04 Å². The van der Waals surface area contributed by atoms with E-state index in [1.54, 1.807) is 0 Å². The molecule has 2 aliphatic rings. The van der Waals surface area contributed by atoms with Crippen LogP contribution in [-0.4, -0.2) is 9.55 Å². The van der Waals surface area contributed by atoms with E-state index in [-0.39, 0.29) is 0 Å². The van der Waals surface area contributed by atoms with Crippen molar-refractivity contribution >= 4 is 27.0 Å². The van der Waals surface area contributed by atoms with Gasteiger partial charge in [-0.15, -0.1) is 0 Å². The van der Waals surface area contributed by atoms with Crippen molar-refractivity contribution in [3.05, 3.63) is 28.5 Å². The number of fused-ring (bicyclic) bond motifs is 3. The fourth-order valence-corrected chi connectivity index (χ4v) is 4.38. The van der Waals surface area contributed by atoms with Gasteiger partial charge in [0.15, 0.2) is 0 Å². The number of rotatable bonds is 1. The number of benzene rings is 1. The van der Waals surface area contributed by atoms with Crippen LogP contribution in [0.3, 0.4) is 0 Å². The molecular formula is C16H19BrN2. The molecule has 19 heavy (non-hydrogen) atoms. The number of nitrogens with zero attached hydrogens (tertiary/aromatic N) is 2. The van der Waals surface area contributed by atoms with Crippen LogP contribution in [0.1, 0.15) is 50.4 Å². The van der Waals surface area contributed by atoms with Crippen LogP contribution >= 0.6 is 15.9 Å². The van der Waals surface area contributed by atoms with E-state index in [4.69, 9.17) is 4.98 Å². The van der Waals surface area contributed by atoms with Gasteiger partial charge in [0.1, 0.15) is 5.82 Å². The van der Waals surface area contributed by atoms with Crippen LogP contribution in [-0.2, 0) is 6.42 Å². The minimum atomic E-state index is 0.703. The van der Waals surface area contributed by atoms with Crippen LogP contribution in [0.4, 0.5) is 0 Å². The lowest BCUT2D eigenvalue weighted by molar-refractivity contribution is 0.259. The molecule has 1 unspecified atom stereocenters. The maximum Gasteiger partial charge on any atom is 0.110 e. The number of imidazole rings is 1. The van der Waals surface area contributed by atoms with E-state index >= 15 is 0 Å². The second kappa shape index (κ2) is 4.62. The van der Waals surface area contributed by atoms with Gasteiger partial charge in [0.25, 0.3) is 0 Å². The normalized spacial score (nSPS) is 23.9. The Hall–Kier alpha value is -0.830. The third kappa shape index (κ3) is 1.94. The average molecular weight is 319 g/mol. The first-order valence-corrected chi connectivity index (χ1v) is 8.28. The van der Waals surface area contributed by atoms with E-state index in [1.807, 2.05) is 0 Å². The van der Waals surface area contributed by atoms with Gasteiger partial charge in [-0.3, -0.25) is 0 Å². The highest BCUT2D eigenvalue weighted by Crippen LogP contribution is 2.41. The van der Waals surface area contributed by atoms with Crippen LogP contribution in [0.25, 0.3) is 11.0 Å². The van der Waals surface area contributed by atoms with Gasteiger partial charge in [0, 0.05) is 16.9 Å². The van der Waals surface area contributed by atoms with Crippen molar-refractivity contribution in [3.63, 3.8) is 0 Å². The van der Waals surface area contributed by atoms with Crippen molar-refractivity contribution in [3.8, 4) is 0 Å². The quantitative estimate of drug-likeness (QED) is 0.733. The van der Waals surface area contributed by atoms with Gasteiger partial charge in [-0.25, -0.2) is 4.98 Å². The number of halogens is 1. The van der Waals surface area contributed by atoms with Gasteiger partial charge in [-0.1, -0.05) is 35.2 Å². The second-order valence-corrected chi connectivity index (χ2v) is 6.95. The molecule has 0 radical (unpaired) electrons. The van der Waals surface area contributed by atoms with Crippen molar-refractivity contribution in [1.82, 2.24) is 9.55 Å². The molecule has 1 aliphatic carbocycles. The fraction of sp³-hybridized carbons (Fsp3) is 0.562. The molecular weight excluding hydrogens is 300 g/mol. The van der Waals surface area contributed by atoms with E-state index in [1.165, 1.54) is 55.4 Å². The minimum Gasteiger partial charge on any atom is -0.325 e. The molecule has 0 bridgehead atoms. The van der Waals surface area contributed by atoms with E-state index in [0.717, 1.165) is 16.8 Å². The lowest BCUT2D eigenvalue weighted by Gasteiger charge is -2.29. The molecule has 1 aromatic heterocycles. The number of hydrogen-bond acceptors (Lipinski definition) is 1. The van der Waals surface area contributed by atoms with Crippen molar-refractivity contribution in [2.45, 2.75) is 51.0 Å². The average Bonchev–Trinajstić information content (AvgIpc) is 2.99. The van der Waals surface area contributed by atoms with Gasteiger partial charge in [0.05, 0.1) is 11.0 Å². The van der Waals surface area contributed by atoms with Gasteiger partial charge >= 0.3 is 0 Å². The molecule has 0 amide bonds. The number of hydrogen-bond donors (Lipinski definition) is 0. The van der Waals surface area contributed by atoms with Crippen molar-refractivity contribution < 1.29 is 0 Å². The highest BCUT2D eigenvalue weighted by molar-refractivity contribution is 9.10. The summed E-state index contributed by atoms with van der Waals surface area (Å²) < 4.78 is 3.72. The summed E-state index contributed by atoms with van der Waals surface area (Å²) in [6.45, 7) is 0. The van der Waals surface area contributed by atoms with Gasteiger partial charge in [0.2, 0.25) is 0 Å². The fourth-order valence-electron chi connectivity index (χ4n) is 4.03. The summed E-state index contributed by atoms with van der Waals surface area (Å²) in [4.78, 5) is 4.82.